The number of rotatable bonds is 6. The van der Waals surface area contributed by atoms with Gasteiger partial charge in [0.05, 0.1) is 6.10 Å². The standard InChI is InChI=1S/C10H19N3O3/c1-4-5-7(15-3)9-12-10(16-13-9)8(11)6(2)14/h6-8,14H,4-5,11H2,1-3H3. The van der Waals surface area contributed by atoms with Gasteiger partial charge < -0.3 is 20.1 Å². The van der Waals surface area contributed by atoms with E-state index in [1.165, 1.54) is 0 Å². The van der Waals surface area contributed by atoms with Crippen LogP contribution < -0.4 is 5.73 Å². The molecule has 1 aromatic heterocycles. The molecule has 0 bridgehead atoms. The predicted molar refractivity (Wildman–Crippen MR) is 57.6 cm³/mol. The molecule has 3 N–H and O–H groups in total. The van der Waals surface area contributed by atoms with Crippen LogP contribution in [-0.4, -0.2) is 28.5 Å². The molecular weight excluding hydrogens is 210 g/mol. The Balaban J connectivity index is 2.76. The lowest BCUT2D eigenvalue weighted by Crippen LogP contribution is -2.23. The minimum atomic E-state index is -0.722. The van der Waals surface area contributed by atoms with E-state index < -0.39 is 12.1 Å². The van der Waals surface area contributed by atoms with Crippen molar-refractivity contribution in [3.05, 3.63) is 11.7 Å². The molecule has 0 radical (unpaired) electrons. The van der Waals surface area contributed by atoms with Gasteiger partial charge in [-0.05, 0) is 13.3 Å². The van der Waals surface area contributed by atoms with Gasteiger partial charge in [0.1, 0.15) is 12.1 Å². The first-order valence-electron chi connectivity index (χ1n) is 5.40. The van der Waals surface area contributed by atoms with Crippen LogP contribution in [0, 0.1) is 0 Å². The van der Waals surface area contributed by atoms with E-state index in [1.807, 2.05) is 0 Å². The molecule has 6 heteroatoms. The van der Waals surface area contributed by atoms with Crippen LogP contribution in [0.15, 0.2) is 4.52 Å². The Bertz CT molecular complexity index is 314. The van der Waals surface area contributed by atoms with Crippen molar-refractivity contribution in [2.45, 2.75) is 44.9 Å². The highest BCUT2D eigenvalue weighted by molar-refractivity contribution is 4.96. The van der Waals surface area contributed by atoms with E-state index in [2.05, 4.69) is 17.1 Å². The Morgan fingerprint density at radius 1 is 1.56 bits per heavy atom. The van der Waals surface area contributed by atoms with E-state index in [0.717, 1.165) is 12.8 Å². The summed E-state index contributed by atoms with van der Waals surface area (Å²) in [6, 6.07) is -0.652. The Morgan fingerprint density at radius 3 is 2.75 bits per heavy atom. The van der Waals surface area contributed by atoms with Gasteiger partial charge in [-0.25, -0.2) is 0 Å². The minimum Gasteiger partial charge on any atom is -0.391 e. The first-order valence-corrected chi connectivity index (χ1v) is 5.40. The maximum absolute atomic E-state index is 9.30. The van der Waals surface area contributed by atoms with Crippen molar-refractivity contribution in [1.29, 1.82) is 0 Å². The molecule has 1 aromatic rings. The monoisotopic (exact) mass is 229 g/mol. The first-order chi connectivity index (χ1) is 7.60. The molecule has 3 atom stereocenters. The zero-order valence-corrected chi connectivity index (χ0v) is 9.88. The topological polar surface area (TPSA) is 94.4 Å². The number of aliphatic hydroxyl groups is 1. The third-order valence-corrected chi connectivity index (χ3v) is 2.39. The second kappa shape index (κ2) is 5.93. The van der Waals surface area contributed by atoms with E-state index >= 15 is 0 Å². The van der Waals surface area contributed by atoms with Crippen molar-refractivity contribution < 1.29 is 14.4 Å². The van der Waals surface area contributed by atoms with Gasteiger partial charge >= 0.3 is 0 Å². The highest BCUT2D eigenvalue weighted by atomic mass is 16.5. The highest BCUT2D eigenvalue weighted by Crippen LogP contribution is 2.21. The molecule has 0 saturated heterocycles. The number of nitrogens with zero attached hydrogens (tertiary/aromatic N) is 2. The van der Waals surface area contributed by atoms with Gasteiger partial charge in [0, 0.05) is 7.11 Å². The molecule has 16 heavy (non-hydrogen) atoms. The lowest BCUT2D eigenvalue weighted by molar-refractivity contribution is 0.0854. The van der Waals surface area contributed by atoms with Crippen molar-refractivity contribution in [3.63, 3.8) is 0 Å². The molecule has 1 rings (SSSR count). The highest BCUT2D eigenvalue weighted by Gasteiger charge is 2.22. The number of hydrogen-bond donors (Lipinski definition) is 2. The van der Waals surface area contributed by atoms with Crippen molar-refractivity contribution >= 4 is 0 Å². The molecular formula is C10H19N3O3. The van der Waals surface area contributed by atoms with Crippen molar-refractivity contribution in [3.8, 4) is 0 Å². The van der Waals surface area contributed by atoms with Crippen LogP contribution in [0.5, 0.6) is 0 Å². The second-order valence-corrected chi connectivity index (χ2v) is 3.77. The summed E-state index contributed by atoms with van der Waals surface area (Å²) in [5.74, 6) is 0.721. The minimum absolute atomic E-state index is 0.177. The number of aromatic nitrogens is 2. The summed E-state index contributed by atoms with van der Waals surface area (Å²) in [5.41, 5.74) is 5.68. The predicted octanol–water partition coefficient (Wildman–Crippen LogP) is 0.938. The second-order valence-electron chi connectivity index (χ2n) is 3.77. The number of methoxy groups -OCH3 is 1. The van der Waals surface area contributed by atoms with Crippen LogP contribution in [0.1, 0.15) is 50.6 Å². The van der Waals surface area contributed by atoms with Crippen molar-refractivity contribution in [1.82, 2.24) is 10.1 Å². The Morgan fingerprint density at radius 2 is 2.25 bits per heavy atom. The van der Waals surface area contributed by atoms with E-state index in [9.17, 15) is 5.11 Å². The summed E-state index contributed by atoms with van der Waals surface area (Å²) in [6.45, 7) is 3.63. The largest absolute Gasteiger partial charge is 0.391 e. The quantitative estimate of drug-likeness (QED) is 0.753. The number of ether oxygens (including phenoxy) is 1. The number of aliphatic hydroxyl groups excluding tert-OH is 1. The Kier molecular flexibility index (Phi) is 4.85. The molecule has 92 valence electrons. The van der Waals surface area contributed by atoms with Gasteiger partial charge in [-0.2, -0.15) is 4.98 Å². The van der Waals surface area contributed by atoms with E-state index in [1.54, 1.807) is 14.0 Å². The molecule has 1 heterocycles. The van der Waals surface area contributed by atoms with Crippen LogP contribution in [0.3, 0.4) is 0 Å². The van der Waals surface area contributed by atoms with Gasteiger partial charge in [0.25, 0.3) is 0 Å². The maximum Gasteiger partial charge on any atom is 0.246 e. The molecule has 3 unspecified atom stereocenters. The lowest BCUT2D eigenvalue weighted by atomic mass is 10.2. The summed E-state index contributed by atoms with van der Waals surface area (Å²) in [4.78, 5) is 4.13. The van der Waals surface area contributed by atoms with Gasteiger partial charge in [-0.15, -0.1) is 0 Å². The third kappa shape index (κ3) is 3.01. The van der Waals surface area contributed by atoms with Crippen LogP contribution >= 0.6 is 0 Å². The van der Waals surface area contributed by atoms with Crippen LogP contribution in [0.25, 0.3) is 0 Å². The normalized spacial score (nSPS) is 17.1. The molecule has 0 fully saturated rings. The smallest absolute Gasteiger partial charge is 0.246 e. The van der Waals surface area contributed by atoms with Crippen molar-refractivity contribution in [2.24, 2.45) is 5.73 Å². The summed E-state index contributed by atoms with van der Waals surface area (Å²) >= 11 is 0. The summed E-state index contributed by atoms with van der Waals surface area (Å²) in [5, 5.41) is 13.1. The summed E-state index contributed by atoms with van der Waals surface area (Å²) < 4.78 is 10.2. The fourth-order valence-corrected chi connectivity index (χ4v) is 1.33. The number of hydrogen-bond acceptors (Lipinski definition) is 6. The fraction of sp³-hybridized carbons (Fsp3) is 0.800. The zero-order valence-electron chi connectivity index (χ0n) is 9.88. The van der Waals surface area contributed by atoms with E-state index in [4.69, 9.17) is 15.0 Å². The SMILES string of the molecule is CCCC(OC)c1noc(C(N)C(C)O)n1. The maximum atomic E-state index is 9.30. The van der Waals surface area contributed by atoms with Gasteiger partial charge in [-0.3, -0.25) is 0 Å². The average Bonchev–Trinajstić information content (AvgIpc) is 2.73. The molecule has 0 aliphatic rings. The zero-order chi connectivity index (χ0) is 12.1. The van der Waals surface area contributed by atoms with Crippen LogP contribution in [0.2, 0.25) is 0 Å². The lowest BCUT2D eigenvalue weighted by Gasteiger charge is -2.10. The van der Waals surface area contributed by atoms with E-state index in [0.29, 0.717) is 5.82 Å². The molecule has 0 amide bonds. The molecule has 6 nitrogen and oxygen atoms in total. The van der Waals surface area contributed by atoms with Gasteiger partial charge in [-0.1, -0.05) is 18.5 Å². The summed E-state index contributed by atoms with van der Waals surface area (Å²) in [7, 11) is 1.60. The van der Waals surface area contributed by atoms with Crippen LogP contribution in [-0.2, 0) is 4.74 Å². The molecule has 0 spiro atoms. The third-order valence-electron chi connectivity index (χ3n) is 2.39. The van der Waals surface area contributed by atoms with Gasteiger partial charge in [0.15, 0.2) is 0 Å². The van der Waals surface area contributed by atoms with Crippen LogP contribution in [0.4, 0.5) is 0 Å². The van der Waals surface area contributed by atoms with Crippen molar-refractivity contribution in [2.75, 3.05) is 7.11 Å². The Labute approximate surface area is 94.8 Å². The average molecular weight is 229 g/mol. The number of nitrogens with two attached hydrogens (primary N) is 1. The molecule has 0 aliphatic heterocycles. The fourth-order valence-electron chi connectivity index (χ4n) is 1.33. The summed E-state index contributed by atoms with van der Waals surface area (Å²) in [6.07, 6.45) is 0.883. The molecule has 0 aliphatic carbocycles. The van der Waals surface area contributed by atoms with Gasteiger partial charge in [0.2, 0.25) is 11.7 Å². The first kappa shape index (κ1) is 13.1. The van der Waals surface area contributed by atoms with E-state index in [-0.39, 0.29) is 12.0 Å². The molecule has 0 saturated carbocycles. The Hall–Kier alpha value is -0.980. The molecule has 0 aromatic carbocycles.